The number of nitrogens with zero attached hydrogens (tertiary/aromatic N) is 9. The molecule has 6 heterocycles. The van der Waals surface area contributed by atoms with Crippen LogP contribution in [0.25, 0.3) is 65.7 Å². The molecule has 93 heavy (non-hydrogen) atoms. The van der Waals surface area contributed by atoms with Crippen molar-refractivity contribution in [2.75, 3.05) is 49.6 Å². The lowest BCUT2D eigenvalue weighted by Crippen LogP contribution is -2.33. The van der Waals surface area contributed by atoms with Crippen LogP contribution in [0, 0.1) is 10.1 Å². The Bertz CT molecular complexity index is 4010. The molecule has 6 aromatic heterocycles. The van der Waals surface area contributed by atoms with Crippen molar-refractivity contribution in [3.63, 3.8) is 0 Å². The highest BCUT2D eigenvalue weighted by molar-refractivity contribution is 6.37. The van der Waals surface area contributed by atoms with Gasteiger partial charge in [0.05, 0.1) is 61.8 Å². The number of pyridine rings is 4. The summed E-state index contributed by atoms with van der Waals surface area (Å²) >= 11 is 5.85. The summed E-state index contributed by atoms with van der Waals surface area (Å²) in [5, 5.41) is 20.7. The summed E-state index contributed by atoms with van der Waals surface area (Å²) in [5.41, 5.74) is 25.6. The number of carbonyl (C=O) groups excluding carboxylic acids is 2. The SMILES string of the molecule is C.C.C.CC(C)(C)OC(=O)CCCCCNc1c(N)cnc2ccccc12.CCOCc1nc2c(N)nc3ccccc3c2n1CCCCN.CCOCc1nc2cnc3ccccc3c2n1CCCCNC(=O)OC(C)(C)C.O=[N+]([O-])c1cnc2ccccc2c1Cl. The number of halogens is 1. The number of aromatic nitrogens is 8. The second-order valence-electron chi connectivity index (χ2n) is 23.1. The molecule has 0 aliphatic rings. The van der Waals surface area contributed by atoms with Crippen molar-refractivity contribution in [3.8, 4) is 0 Å². The number of nitrogen functional groups attached to an aromatic ring is 2. The zero-order valence-electron chi connectivity index (χ0n) is 52.9. The van der Waals surface area contributed by atoms with Crippen LogP contribution in [-0.2, 0) is 50.0 Å². The number of fused-ring (bicyclic) bond motifs is 8. The number of esters is 1. The molecule has 0 saturated carbocycles. The van der Waals surface area contributed by atoms with E-state index in [2.05, 4.69) is 51.8 Å². The number of para-hydroxylation sites is 4. The van der Waals surface area contributed by atoms with Gasteiger partial charge >= 0.3 is 17.7 Å². The number of nitro groups is 1. The van der Waals surface area contributed by atoms with Gasteiger partial charge in [0.1, 0.15) is 58.3 Å². The molecule has 0 aliphatic carbocycles. The third-order valence-corrected chi connectivity index (χ3v) is 14.3. The number of aryl methyl sites for hydroxylation is 2. The van der Waals surface area contributed by atoms with Crippen molar-refractivity contribution in [1.82, 2.24) is 44.4 Å². The molecule has 0 spiro atoms. The fraction of sp³-hybridized carbons (Fsp3) is 0.429. The topological polar surface area (TPSA) is 304 Å². The molecule has 8 N–H and O–H groups in total. The van der Waals surface area contributed by atoms with Crippen LogP contribution in [0.4, 0.5) is 27.7 Å². The van der Waals surface area contributed by atoms with Gasteiger partial charge in [0, 0.05) is 67.4 Å². The molecule has 0 radical (unpaired) electrons. The predicted octanol–water partition coefficient (Wildman–Crippen LogP) is 15.7. The molecule has 0 bridgehead atoms. The average molecular weight is 1300 g/mol. The Balaban J connectivity index is 0.000000268. The molecule has 22 nitrogen and oxygen atoms in total. The van der Waals surface area contributed by atoms with Gasteiger partial charge in [0.15, 0.2) is 5.82 Å². The van der Waals surface area contributed by atoms with Gasteiger partial charge in [-0.15, -0.1) is 0 Å². The molecule has 0 saturated heterocycles. The summed E-state index contributed by atoms with van der Waals surface area (Å²) in [7, 11) is 0. The van der Waals surface area contributed by atoms with E-state index in [1.165, 1.54) is 6.20 Å². The second kappa shape index (κ2) is 37.0. The van der Waals surface area contributed by atoms with E-state index in [0.29, 0.717) is 68.3 Å². The molecule has 0 atom stereocenters. The summed E-state index contributed by atoms with van der Waals surface area (Å²) in [4.78, 5) is 60.1. The first-order valence-corrected chi connectivity index (χ1v) is 30.9. The van der Waals surface area contributed by atoms with Gasteiger partial charge in [0.25, 0.3) is 0 Å². The maximum Gasteiger partial charge on any atom is 0.407 e. The summed E-state index contributed by atoms with van der Waals surface area (Å²) in [6, 6.07) is 31.1. The standard InChI is InChI=1S/C22H30N4O3.C19H27N3O2.C17H23N5O.C9H5ClN2O2.3CH4/c1-5-28-15-19-25-18-14-24-17-11-7-6-10-16(17)20(18)26(19)13-9-8-12-23-21(27)29-22(2,3)4;1-19(2,3)24-17(23)11-5-4-8-12-21-18-14-9-6-7-10-16(14)22-13-15(18)20;1-2-23-11-14-21-15-16(22(14)10-6-5-9-18)12-7-3-4-8-13(12)20-17(15)19;10-9-6-3-1-2-4-7(6)11-5-8(9)12(13)14;;;/h6-7,10-11,14H,5,8-9,12-13,15H2,1-4H3,(H,23,27);6-7,9-10,13H,4-5,8,11-12,20H2,1-3H3,(H,21,22);3-4,7-8H,2,5-6,9-11,18H2,1H3,(H2,19,20);1-5H;3*1H4. The molecule has 0 fully saturated rings. The van der Waals surface area contributed by atoms with Crippen molar-refractivity contribution in [3.05, 3.63) is 142 Å². The first-order chi connectivity index (χ1) is 43.2. The van der Waals surface area contributed by atoms with E-state index in [1.54, 1.807) is 30.5 Å². The zero-order chi connectivity index (χ0) is 64.8. The van der Waals surface area contributed by atoms with Gasteiger partial charge in [-0.05, 0) is 125 Å². The number of imidazole rings is 2. The minimum atomic E-state index is -0.540. The molecule has 4 aromatic carbocycles. The van der Waals surface area contributed by atoms with Gasteiger partial charge in [0.2, 0.25) is 0 Å². The Hall–Kier alpha value is -8.83. The Morgan fingerprint density at radius 3 is 1.70 bits per heavy atom. The van der Waals surface area contributed by atoms with Gasteiger partial charge in [-0.3, -0.25) is 24.9 Å². The first kappa shape index (κ1) is 76.6. The number of carbonyl (C=O) groups is 2. The largest absolute Gasteiger partial charge is 0.460 e. The Kier molecular flexibility index (Phi) is 30.5. The van der Waals surface area contributed by atoms with E-state index in [0.717, 1.165) is 137 Å². The highest BCUT2D eigenvalue weighted by Gasteiger charge is 2.21. The molecular formula is C70H97ClN14O8. The van der Waals surface area contributed by atoms with Crippen LogP contribution in [-0.4, -0.2) is 100 Å². The number of nitrogens with two attached hydrogens (primary N) is 3. The third kappa shape index (κ3) is 21.9. The smallest absolute Gasteiger partial charge is 0.407 e. The normalized spacial score (nSPS) is 11.1. The summed E-state index contributed by atoms with van der Waals surface area (Å²) in [5.74, 6) is 2.14. The monoisotopic (exact) mass is 1300 g/mol. The Labute approximate surface area is 551 Å². The van der Waals surface area contributed by atoms with E-state index < -0.39 is 16.1 Å². The highest BCUT2D eigenvalue weighted by atomic mass is 35.5. The number of hydrogen-bond acceptors (Lipinski definition) is 18. The van der Waals surface area contributed by atoms with E-state index in [9.17, 15) is 19.7 Å². The lowest BCUT2D eigenvalue weighted by Gasteiger charge is -2.19. The van der Waals surface area contributed by atoms with Crippen molar-refractivity contribution in [2.24, 2.45) is 5.73 Å². The summed E-state index contributed by atoms with van der Waals surface area (Å²) in [6.45, 7) is 21.1. The highest BCUT2D eigenvalue weighted by Crippen LogP contribution is 2.33. The van der Waals surface area contributed by atoms with Crippen LogP contribution in [0.3, 0.4) is 0 Å². The van der Waals surface area contributed by atoms with Gasteiger partial charge < -0.3 is 55.9 Å². The van der Waals surface area contributed by atoms with Crippen LogP contribution >= 0.6 is 11.6 Å². The molecule has 10 rings (SSSR count). The molecule has 1 amide bonds. The van der Waals surface area contributed by atoms with E-state index in [-0.39, 0.29) is 45.1 Å². The molecule has 23 heteroatoms. The number of hydrogen-bond donors (Lipinski definition) is 5. The molecule has 0 aliphatic heterocycles. The van der Waals surface area contributed by atoms with Crippen molar-refractivity contribution in [2.45, 2.75) is 167 Å². The van der Waals surface area contributed by atoms with E-state index in [1.807, 2.05) is 122 Å². The predicted molar refractivity (Wildman–Crippen MR) is 379 cm³/mol. The fourth-order valence-electron chi connectivity index (χ4n) is 9.87. The number of nitrogens with one attached hydrogen (secondary N) is 2. The zero-order valence-corrected chi connectivity index (χ0v) is 53.6. The first-order valence-electron chi connectivity index (χ1n) is 30.6. The second-order valence-corrected chi connectivity index (χ2v) is 23.5. The number of alkyl carbamates (subject to hydrolysis) is 1. The van der Waals surface area contributed by atoms with Gasteiger partial charge in [-0.25, -0.2) is 24.7 Å². The number of benzene rings is 4. The van der Waals surface area contributed by atoms with Crippen molar-refractivity contribution in [1.29, 1.82) is 0 Å². The summed E-state index contributed by atoms with van der Waals surface area (Å²) < 4.78 is 26.2. The molecular weight excluding hydrogens is 1200 g/mol. The Morgan fingerprint density at radius 1 is 0.591 bits per heavy atom. The van der Waals surface area contributed by atoms with Crippen LogP contribution < -0.4 is 27.8 Å². The number of anilines is 3. The van der Waals surface area contributed by atoms with Crippen molar-refractivity contribution >= 4 is 112 Å². The Morgan fingerprint density at radius 2 is 1.10 bits per heavy atom. The molecule has 10 aromatic rings. The van der Waals surface area contributed by atoms with Crippen LogP contribution in [0.5, 0.6) is 0 Å². The van der Waals surface area contributed by atoms with E-state index >= 15 is 0 Å². The third-order valence-electron chi connectivity index (χ3n) is 13.9. The van der Waals surface area contributed by atoms with Crippen LogP contribution in [0.15, 0.2) is 116 Å². The number of rotatable bonds is 23. The minimum Gasteiger partial charge on any atom is -0.460 e. The number of ether oxygens (including phenoxy) is 4. The van der Waals surface area contributed by atoms with Crippen LogP contribution in [0.2, 0.25) is 5.02 Å². The lowest BCUT2D eigenvalue weighted by atomic mass is 10.1. The molecule has 0 unspecified atom stereocenters. The quantitative estimate of drug-likeness (QED) is 0.0172. The maximum absolute atomic E-state index is 11.8. The minimum absolute atomic E-state index is 0. The lowest BCUT2D eigenvalue weighted by molar-refractivity contribution is -0.384. The van der Waals surface area contributed by atoms with E-state index in [4.69, 9.17) is 57.7 Å². The molecule has 502 valence electrons. The van der Waals surface area contributed by atoms with Crippen molar-refractivity contribution < 1.29 is 33.5 Å². The fourth-order valence-corrected chi connectivity index (χ4v) is 10.2. The average Bonchev–Trinajstić information content (AvgIpc) is 1.65. The number of unbranched alkanes of at least 4 members (excludes halogenated alkanes) is 4. The number of amides is 1. The van der Waals surface area contributed by atoms with Gasteiger partial charge in [-0.1, -0.05) is 113 Å². The maximum atomic E-state index is 11.8. The van der Waals surface area contributed by atoms with Gasteiger partial charge in [-0.2, -0.15) is 0 Å². The van der Waals surface area contributed by atoms with Crippen LogP contribution in [0.1, 0.15) is 141 Å². The summed E-state index contributed by atoms with van der Waals surface area (Å²) in [6.07, 6.45) is 11.3.